The lowest BCUT2D eigenvalue weighted by molar-refractivity contribution is 0.102. The SMILES string of the molecule is CCCCCCCOC(=O)n1nc(NC(=O)c2ccc(N3CCN(C)CC3)cc2)c2c1CN(C(=O)N(CC)c1ccccc1CC)C2. The standard InChI is InChI=1S/C36H49N7O4/c1-5-8-9-10-13-24-47-36(46)43-32-26-41(35(45)42(7-3)31-15-12-11-14-27(31)6-2)25-30(32)33(38-43)37-34(44)28-16-18-29(19-17-28)40-22-20-39(4)21-23-40/h11-12,14-19H,5-10,13,20-26H2,1-4H3,(H,37,38,44). The number of carbonyl (C=O) groups excluding carboxylic acids is 3. The summed E-state index contributed by atoms with van der Waals surface area (Å²) in [5.74, 6) is -0.0659. The van der Waals surface area contributed by atoms with Gasteiger partial charge in [-0.25, -0.2) is 9.59 Å². The van der Waals surface area contributed by atoms with Crippen molar-refractivity contribution in [2.75, 3.05) is 61.5 Å². The van der Waals surface area contributed by atoms with Gasteiger partial charge in [0.05, 0.1) is 25.4 Å². The highest BCUT2D eigenvalue weighted by molar-refractivity contribution is 6.04. The van der Waals surface area contributed by atoms with E-state index in [1.807, 2.05) is 55.5 Å². The Hall–Kier alpha value is -4.38. The van der Waals surface area contributed by atoms with Crippen LogP contribution >= 0.6 is 0 Å². The molecule has 0 aliphatic carbocycles. The third-order valence-electron chi connectivity index (χ3n) is 9.14. The fraction of sp³-hybridized carbons (Fsp3) is 0.500. The molecule has 252 valence electrons. The van der Waals surface area contributed by atoms with Gasteiger partial charge in [-0.15, -0.1) is 5.10 Å². The van der Waals surface area contributed by atoms with Gasteiger partial charge in [-0.05, 0) is 62.7 Å². The fourth-order valence-electron chi connectivity index (χ4n) is 6.27. The van der Waals surface area contributed by atoms with E-state index in [-0.39, 0.29) is 30.8 Å². The van der Waals surface area contributed by atoms with E-state index < -0.39 is 6.09 Å². The molecule has 0 saturated carbocycles. The summed E-state index contributed by atoms with van der Waals surface area (Å²) in [6.07, 6.45) is 5.35. The third kappa shape index (κ3) is 7.96. The summed E-state index contributed by atoms with van der Waals surface area (Å²) in [5.41, 5.74) is 4.71. The van der Waals surface area contributed by atoms with Gasteiger partial charge in [0.2, 0.25) is 0 Å². The van der Waals surface area contributed by atoms with Crippen LogP contribution in [0.2, 0.25) is 0 Å². The van der Waals surface area contributed by atoms with E-state index in [0.717, 1.165) is 81.6 Å². The number of nitrogens with one attached hydrogen (secondary N) is 1. The lowest BCUT2D eigenvalue weighted by Gasteiger charge is -2.34. The van der Waals surface area contributed by atoms with Crippen LogP contribution in [-0.4, -0.2) is 84.0 Å². The van der Waals surface area contributed by atoms with Crippen LogP contribution in [0, 0.1) is 0 Å². The molecule has 5 rings (SSSR count). The third-order valence-corrected chi connectivity index (χ3v) is 9.14. The van der Waals surface area contributed by atoms with E-state index in [1.54, 1.807) is 9.80 Å². The van der Waals surface area contributed by atoms with Crippen molar-refractivity contribution in [1.29, 1.82) is 0 Å². The molecule has 0 spiro atoms. The molecule has 0 unspecified atom stereocenters. The van der Waals surface area contributed by atoms with Crippen molar-refractivity contribution in [1.82, 2.24) is 19.6 Å². The van der Waals surface area contributed by atoms with Crippen molar-refractivity contribution >= 4 is 35.2 Å². The Kier molecular flexibility index (Phi) is 11.5. The number of amides is 3. The highest BCUT2D eigenvalue weighted by Crippen LogP contribution is 2.32. The summed E-state index contributed by atoms with van der Waals surface area (Å²) in [7, 11) is 2.12. The minimum absolute atomic E-state index is 0.169. The number of nitrogens with zero attached hydrogens (tertiary/aromatic N) is 6. The first-order valence-electron chi connectivity index (χ1n) is 17.1. The molecule has 3 amide bonds. The Morgan fingerprint density at radius 2 is 1.62 bits per heavy atom. The summed E-state index contributed by atoms with van der Waals surface area (Å²) < 4.78 is 6.82. The number of anilines is 3. The molecule has 1 fully saturated rings. The predicted octanol–water partition coefficient (Wildman–Crippen LogP) is 6.37. The van der Waals surface area contributed by atoms with Crippen molar-refractivity contribution < 1.29 is 19.1 Å². The molecule has 11 heteroatoms. The van der Waals surface area contributed by atoms with Crippen LogP contribution < -0.4 is 15.1 Å². The van der Waals surface area contributed by atoms with Gasteiger partial charge in [-0.1, -0.05) is 57.7 Å². The average molecular weight is 644 g/mol. The molecule has 3 heterocycles. The number of benzene rings is 2. The zero-order valence-corrected chi connectivity index (χ0v) is 28.3. The quantitative estimate of drug-likeness (QED) is 0.229. The molecule has 2 aromatic carbocycles. The van der Waals surface area contributed by atoms with E-state index >= 15 is 0 Å². The number of piperazine rings is 1. The highest BCUT2D eigenvalue weighted by atomic mass is 16.6. The van der Waals surface area contributed by atoms with E-state index in [2.05, 4.69) is 41.1 Å². The van der Waals surface area contributed by atoms with E-state index in [4.69, 9.17) is 4.74 Å². The van der Waals surface area contributed by atoms with Crippen LogP contribution in [0.1, 0.15) is 80.1 Å². The maximum absolute atomic E-state index is 13.9. The molecule has 3 aromatic rings. The van der Waals surface area contributed by atoms with Crippen molar-refractivity contribution in [3.05, 3.63) is 70.9 Å². The van der Waals surface area contributed by atoms with Crippen LogP contribution in [0.5, 0.6) is 0 Å². The van der Waals surface area contributed by atoms with Crippen LogP contribution in [0.25, 0.3) is 0 Å². The predicted molar refractivity (Wildman–Crippen MR) is 185 cm³/mol. The molecule has 0 bridgehead atoms. The number of unbranched alkanes of at least 4 members (excludes halogenated alkanes) is 4. The van der Waals surface area contributed by atoms with E-state index in [1.165, 1.54) is 4.68 Å². The number of likely N-dealkylation sites (N-methyl/N-ethyl adjacent to an activating group) is 1. The van der Waals surface area contributed by atoms with Gasteiger partial charge in [0, 0.05) is 55.2 Å². The summed E-state index contributed by atoms with van der Waals surface area (Å²) >= 11 is 0. The van der Waals surface area contributed by atoms with Crippen LogP contribution in [0.4, 0.5) is 26.8 Å². The number of fused-ring (bicyclic) bond motifs is 1. The second-order valence-corrected chi connectivity index (χ2v) is 12.4. The normalized spacial score (nSPS) is 14.6. The van der Waals surface area contributed by atoms with Crippen LogP contribution in [0.3, 0.4) is 0 Å². The van der Waals surface area contributed by atoms with Crippen molar-refractivity contribution in [3.8, 4) is 0 Å². The monoisotopic (exact) mass is 643 g/mol. The number of ether oxygens (including phenoxy) is 1. The average Bonchev–Trinajstić information content (AvgIpc) is 3.67. The molecule has 1 aromatic heterocycles. The topological polar surface area (TPSA) is 103 Å². The first-order chi connectivity index (χ1) is 22.8. The first-order valence-corrected chi connectivity index (χ1v) is 17.1. The highest BCUT2D eigenvalue weighted by Gasteiger charge is 2.36. The number of hydrogen-bond acceptors (Lipinski definition) is 7. The van der Waals surface area contributed by atoms with Crippen LogP contribution in [-0.2, 0) is 24.2 Å². The number of aromatic nitrogens is 2. The molecular weight excluding hydrogens is 594 g/mol. The van der Waals surface area contributed by atoms with E-state index in [0.29, 0.717) is 30.0 Å². The maximum Gasteiger partial charge on any atom is 0.435 e. The summed E-state index contributed by atoms with van der Waals surface area (Å²) in [6, 6.07) is 15.3. The van der Waals surface area contributed by atoms with Crippen molar-refractivity contribution in [2.24, 2.45) is 0 Å². The number of para-hydroxylation sites is 1. The van der Waals surface area contributed by atoms with Gasteiger partial charge in [0.1, 0.15) is 0 Å². The lowest BCUT2D eigenvalue weighted by Crippen LogP contribution is -2.44. The maximum atomic E-state index is 13.9. The van der Waals surface area contributed by atoms with Gasteiger partial charge in [-0.3, -0.25) is 9.69 Å². The van der Waals surface area contributed by atoms with Gasteiger partial charge >= 0.3 is 12.1 Å². The molecule has 0 radical (unpaired) electrons. The molecule has 47 heavy (non-hydrogen) atoms. The zero-order chi connectivity index (χ0) is 33.3. The summed E-state index contributed by atoms with van der Waals surface area (Å²) in [5, 5.41) is 7.44. The Balaban J connectivity index is 1.34. The fourth-order valence-corrected chi connectivity index (χ4v) is 6.27. The van der Waals surface area contributed by atoms with E-state index in [9.17, 15) is 14.4 Å². The van der Waals surface area contributed by atoms with Gasteiger partial charge < -0.3 is 24.8 Å². The minimum atomic E-state index is -0.605. The lowest BCUT2D eigenvalue weighted by atomic mass is 10.1. The molecule has 1 N–H and O–H groups in total. The molecule has 2 aliphatic rings. The number of hydrogen-bond donors (Lipinski definition) is 1. The Labute approximate surface area is 278 Å². The van der Waals surface area contributed by atoms with Crippen LogP contribution in [0.15, 0.2) is 48.5 Å². The summed E-state index contributed by atoms with van der Waals surface area (Å²) in [6.45, 7) is 11.2. The minimum Gasteiger partial charge on any atom is -0.448 e. The summed E-state index contributed by atoms with van der Waals surface area (Å²) in [4.78, 5) is 48.8. The number of rotatable bonds is 12. The Bertz CT molecular complexity index is 1530. The van der Waals surface area contributed by atoms with Crippen molar-refractivity contribution in [2.45, 2.75) is 72.4 Å². The van der Waals surface area contributed by atoms with Gasteiger partial charge in [0.25, 0.3) is 5.91 Å². The number of carbonyl (C=O) groups is 3. The molecule has 11 nitrogen and oxygen atoms in total. The van der Waals surface area contributed by atoms with Crippen molar-refractivity contribution in [3.63, 3.8) is 0 Å². The molecule has 2 aliphatic heterocycles. The Morgan fingerprint density at radius 3 is 2.32 bits per heavy atom. The number of aryl methyl sites for hydroxylation is 1. The number of urea groups is 1. The second-order valence-electron chi connectivity index (χ2n) is 12.4. The van der Waals surface area contributed by atoms with Gasteiger partial charge in [0.15, 0.2) is 5.82 Å². The van der Waals surface area contributed by atoms with Gasteiger partial charge in [-0.2, -0.15) is 4.68 Å². The molecular formula is C36H49N7O4. The zero-order valence-electron chi connectivity index (χ0n) is 28.3. The second kappa shape index (κ2) is 15.9. The Morgan fingerprint density at radius 1 is 0.894 bits per heavy atom. The molecule has 1 saturated heterocycles. The molecule has 0 atom stereocenters. The first kappa shape index (κ1) is 34.0. The largest absolute Gasteiger partial charge is 0.448 e. The smallest absolute Gasteiger partial charge is 0.435 e.